The van der Waals surface area contributed by atoms with Gasteiger partial charge in [-0.05, 0) is 36.2 Å². The Labute approximate surface area is 147 Å². The van der Waals surface area contributed by atoms with Gasteiger partial charge in [-0.3, -0.25) is 0 Å². The topological polar surface area (TPSA) is 46.5 Å². The third-order valence-corrected chi connectivity index (χ3v) is 2.64. The second kappa shape index (κ2) is 8.10. The number of benzene rings is 2. The van der Waals surface area contributed by atoms with Crippen molar-refractivity contribution in [1.29, 1.82) is 0 Å². The van der Waals surface area contributed by atoms with Crippen LogP contribution in [0, 0.1) is 0 Å². The number of carbonyl (C=O) groups is 1. The number of carbonyl (C=O) groups excluding carboxylic acids is 1. The van der Waals surface area contributed by atoms with Crippen LogP contribution in [0.4, 0.5) is 0 Å². The molecule has 0 aliphatic heterocycles. The second-order valence-corrected chi connectivity index (χ2v) is 4.04. The fourth-order valence-corrected chi connectivity index (χ4v) is 1.67. The van der Waals surface area contributed by atoms with Gasteiger partial charge in [-0.2, -0.15) is 0 Å². The Hall–Kier alpha value is -1.29. The Morgan fingerprint density at radius 2 is 1.80 bits per heavy atom. The summed E-state index contributed by atoms with van der Waals surface area (Å²) >= 11 is 0. The Morgan fingerprint density at radius 1 is 1.15 bits per heavy atom. The molecule has 2 rings (SSSR count). The number of ether oxygens (including phenoxy) is 1. The van der Waals surface area contributed by atoms with Gasteiger partial charge in [0.05, 0.1) is 0 Å². The first-order valence-corrected chi connectivity index (χ1v) is 5.90. The van der Waals surface area contributed by atoms with E-state index in [-0.39, 0.29) is 49.1 Å². The number of phenols is 1. The summed E-state index contributed by atoms with van der Waals surface area (Å²) in [6, 6.07) is 13.5. The average molecular weight is 296 g/mol. The molecule has 0 aliphatic rings. The molecule has 1 N–H and O–H groups in total. The number of phenolic OH excluding ortho intramolecular Hbond substituents is 1. The number of para-hydroxylation sites is 1. The summed E-state index contributed by atoms with van der Waals surface area (Å²) in [6.45, 7) is 3.66. The molecule has 0 spiro atoms. The zero-order chi connectivity index (χ0) is 13.7. The Balaban J connectivity index is 0.00000200. The monoisotopic (exact) mass is 296 g/mol. The van der Waals surface area contributed by atoms with E-state index in [9.17, 15) is 9.90 Å². The number of allylic oxidation sites excluding steroid dienone is 1. The maximum absolute atomic E-state index is 11.8. The molecule has 0 aliphatic carbocycles. The minimum atomic E-state index is -0.574. The van der Waals surface area contributed by atoms with Gasteiger partial charge in [0.2, 0.25) is 0 Å². The van der Waals surface area contributed by atoms with Crippen molar-refractivity contribution in [1.82, 2.24) is 0 Å². The average Bonchev–Trinajstić information content (AvgIpc) is 2.42. The van der Waals surface area contributed by atoms with E-state index >= 15 is 0 Å². The van der Waals surface area contributed by atoms with Crippen LogP contribution in [0.15, 0.2) is 61.2 Å². The van der Waals surface area contributed by atoms with Crippen LogP contribution in [0.3, 0.4) is 0 Å². The van der Waals surface area contributed by atoms with Crippen LogP contribution < -0.4 is 4.74 Å². The van der Waals surface area contributed by atoms with E-state index in [0.717, 1.165) is 12.0 Å². The molecule has 4 heteroatoms. The van der Waals surface area contributed by atoms with Crippen molar-refractivity contribution in [2.75, 3.05) is 0 Å². The molecule has 2 aromatic carbocycles. The predicted octanol–water partition coefficient (Wildman–Crippen LogP) is 2.42. The molecule has 2 aromatic rings. The number of aromatic hydroxyl groups is 1. The third-order valence-electron chi connectivity index (χ3n) is 2.64. The van der Waals surface area contributed by atoms with Gasteiger partial charge >= 0.3 is 43.7 Å². The van der Waals surface area contributed by atoms with Crippen LogP contribution in [0.2, 0.25) is 0 Å². The van der Waals surface area contributed by atoms with Crippen molar-refractivity contribution in [3.05, 3.63) is 72.3 Å². The van der Waals surface area contributed by atoms with E-state index in [0.29, 0.717) is 5.75 Å². The SMILES string of the molecule is C=CCc1ccc(OC(=O)c2ccccc2O)cc1.[CaH2]. The van der Waals surface area contributed by atoms with Gasteiger partial charge in [-0.15, -0.1) is 6.58 Å². The zero-order valence-electron chi connectivity index (χ0n) is 10.4. The molecule has 0 bridgehead atoms. The van der Waals surface area contributed by atoms with Gasteiger partial charge in [-0.1, -0.05) is 30.3 Å². The van der Waals surface area contributed by atoms with Gasteiger partial charge in [0.25, 0.3) is 0 Å². The molecule has 0 radical (unpaired) electrons. The molecular formula is C16H16CaO3. The van der Waals surface area contributed by atoms with Crippen molar-refractivity contribution in [3.63, 3.8) is 0 Å². The summed E-state index contributed by atoms with van der Waals surface area (Å²) in [7, 11) is 0. The van der Waals surface area contributed by atoms with Crippen molar-refractivity contribution >= 4 is 43.7 Å². The fourth-order valence-electron chi connectivity index (χ4n) is 1.67. The van der Waals surface area contributed by atoms with E-state index < -0.39 is 5.97 Å². The van der Waals surface area contributed by atoms with Crippen molar-refractivity contribution in [2.24, 2.45) is 0 Å². The van der Waals surface area contributed by atoms with Gasteiger partial charge in [-0.25, -0.2) is 4.79 Å². The Bertz CT molecular complexity index is 591. The predicted molar refractivity (Wildman–Crippen MR) is 82.0 cm³/mol. The number of hydrogen-bond donors (Lipinski definition) is 1. The summed E-state index contributed by atoms with van der Waals surface area (Å²) < 4.78 is 5.19. The first-order chi connectivity index (χ1) is 9.20. The number of hydrogen-bond acceptors (Lipinski definition) is 3. The Kier molecular flexibility index (Phi) is 6.79. The van der Waals surface area contributed by atoms with Crippen molar-refractivity contribution in [3.8, 4) is 11.5 Å². The summed E-state index contributed by atoms with van der Waals surface area (Å²) in [5, 5.41) is 9.56. The molecule has 0 aromatic heterocycles. The maximum atomic E-state index is 11.8. The summed E-state index contributed by atoms with van der Waals surface area (Å²) in [5.74, 6) is -0.216. The summed E-state index contributed by atoms with van der Waals surface area (Å²) in [4.78, 5) is 11.8. The van der Waals surface area contributed by atoms with Gasteiger partial charge in [0.15, 0.2) is 0 Å². The van der Waals surface area contributed by atoms with Gasteiger partial charge < -0.3 is 9.84 Å². The molecule has 20 heavy (non-hydrogen) atoms. The van der Waals surface area contributed by atoms with E-state index in [1.54, 1.807) is 24.3 Å². The minimum absolute atomic E-state index is 0. The molecule has 100 valence electrons. The molecular weight excluding hydrogens is 280 g/mol. The van der Waals surface area contributed by atoms with E-state index in [2.05, 4.69) is 6.58 Å². The summed E-state index contributed by atoms with van der Waals surface area (Å²) in [6.07, 6.45) is 2.58. The van der Waals surface area contributed by atoms with Crippen LogP contribution >= 0.6 is 0 Å². The Morgan fingerprint density at radius 3 is 2.40 bits per heavy atom. The zero-order valence-corrected chi connectivity index (χ0v) is 10.4. The quantitative estimate of drug-likeness (QED) is 0.408. The van der Waals surface area contributed by atoms with Crippen molar-refractivity contribution < 1.29 is 14.6 Å². The summed E-state index contributed by atoms with van der Waals surface area (Å²) in [5.41, 5.74) is 1.25. The third kappa shape index (κ3) is 4.37. The number of rotatable bonds is 4. The van der Waals surface area contributed by atoms with Crippen LogP contribution in [0.5, 0.6) is 11.5 Å². The van der Waals surface area contributed by atoms with Crippen LogP contribution in [-0.2, 0) is 6.42 Å². The second-order valence-electron chi connectivity index (χ2n) is 4.04. The first kappa shape index (κ1) is 16.8. The molecule has 0 fully saturated rings. The van der Waals surface area contributed by atoms with Gasteiger partial charge in [0, 0.05) is 0 Å². The molecule has 0 saturated heterocycles. The molecule has 0 unspecified atom stereocenters. The fraction of sp³-hybridized carbons (Fsp3) is 0.0625. The van der Waals surface area contributed by atoms with Crippen LogP contribution in [-0.4, -0.2) is 48.8 Å². The number of esters is 1. The normalized spacial score (nSPS) is 9.40. The first-order valence-electron chi connectivity index (χ1n) is 5.90. The van der Waals surface area contributed by atoms with Crippen LogP contribution in [0.1, 0.15) is 15.9 Å². The standard InChI is InChI=1S/C16H14O3.Ca.2H/c1-2-5-12-8-10-13(11-9-12)19-16(18)14-6-3-4-7-15(14)17;;;/h2-4,6-11,17H,1,5H2;;;. The van der Waals surface area contributed by atoms with Crippen molar-refractivity contribution in [2.45, 2.75) is 6.42 Å². The van der Waals surface area contributed by atoms with E-state index in [4.69, 9.17) is 4.74 Å². The molecule has 0 saturated carbocycles. The molecule has 0 atom stereocenters. The molecule has 0 amide bonds. The van der Waals surface area contributed by atoms with E-state index in [1.165, 1.54) is 12.1 Å². The van der Waals surface area contributed by atoms with Crippen LogP contribution in [0.25, 0.3) is 0 Å². The van der Waals surface area contributed by atoms with E-state index in [1.807, 2.05) is 18.2 Å². The van der Waals surface area contributed by atoms with Gasteiger partial charge in [0.1, 0.15) is 17.1 Å². The molecule has 0 heterocycles. The molecule has 3 nitrogen and oxygen atoms in total.